The number of hydrogen-bond donors (Lipinski definition) is 1. The van der Waals surface area contributed by atoms with Gasteiger partial charge in [-0.2, -0.15) is 5.10 Å². The largest absolute Gasteiger partial charge is 0.456 e. The van der Waals surface area contributed by atoms with Crippen LogP contribution in [0.2, 0.25) is 0 Å². The summed E-state index contributed by atoms with van der Waals surface area (Å²) in [5.74, 6) is -1.25. The van der Waals surface area contributed by atoms with Crippen molar-refractivity contribution >= 4 is 27.6 Å². The molecular weight excluding hydrogens is 341 g/mol. The predicted molar refractivity (Wildman–Crippen MR) is 80.3 cm³/mol. The molecule has 0 aliphatic heterocycles. The van der Waals surface area contributed by atoms with Crippen LogP contribution in [0.5, 0.6) is 0 Å². The maximum absolute atomic E-state index is 13.3. The van der Waals surface area contributed by atoms with Crippen molar-refractivity contribution in [3.63, 3.8) is 0 Å². The zero-order valence-electron chi connectivity index (χ0n) is 11.7. The van der Waals surface area contributed by atoms with Crippen molar-refractivity contribution in [1.82, 2.24) is 9.78 Å². The van der Waals surface area contributed by atoms with Crippen molar-refractivity contribution in [2.75, 3.05) is 5.73 Å². The van der Waals surface area contributed by atoms with Crippen LogP contribution in [0, 0.1) is 12.7 Å². The topological polar surface area (TPSA) is 70.1 Å². The molecule has 112 valence electrons. The van der Waals surface area contributed by atoms with Crippen molar-refractivity contribution in [2.24, 2.45) is 0 Å². The van der Waals surface area contributed by atoms with Gasteiger partial charge in [-0.05, 0) is 48.0 Å². The van der Waals surface area contributed by atoms with Gasteiger partial charge in [-0.15, -0.1) is 0 Å². The molecule has 0 bridgehead atoms. The zero-order chi connectivity index (χ0) is 15.6. The minimum absolute atomic E-state index is 0.00558. The van der Waals surface area contributed by atoms with E-state index in [2.05, 4.69) is 21.0 Å². The number of nitrogens with zero attached hydrogens (tertiary/aromatic N) is 2. The number of halogens is 2. The average Bonchev–Trinajstić information content (AvgIpc) is 2.74. The fourth-order valence-corrected chi connectivity index (χ4v) is 2.28. The first kappa shape index (κ1) is 15.5. The summed E-state index contributed by atoms with van der Waals surface area (Å²) >= 11 is 3.42. The van der Waals surface area contributed by atoms with E-state index in [-0.39, 0.29) is 17.9 Å². The lowest BCUT2D eigenvalue weighted by atomic mass is 10.2. The van der Waals surface area contributed by atoms with Crippen LogP contribution in [0.3, 0.4) is 0 Å². The van der Waals surface area contributed by atoms with Gasteiger partial charge >= 0.3 is 5.97 Å². The summed E-state index contributed by atoms with van der Waals surface area (Å²) in [5.41, 5.74) is 7.07. The number of anilines is 1. The summed E-state index contributed by atoms with van der Waals surface area (Å²) in [5, 5.41) is 4.31. The van der Waals surface area contributed by atoms with E-state index in [1.54, 1.807) is 4.68 Å². The lowest BCUT2D eigenvalue weighted by molar-refractivity contribution is 0.0461. The molecular formula is C14H15BrFN3O2. The van der Waals surface area contributed by atoms with E-state index in [0.29, 0.717) is 6.54 Å². The molecule has 0 amide bonds. The average molecular weight is 356 g/mol. The number of esters is 1. The number of benzene rings is 1. The third-order valence-electron chi connectivity index (χ3n) is 3.03. The lowest BCUT2D eigenvalue weighted by Gasteiger charge is -2.08. The Kier molecular flexibility index (Phi) is 4.62. The number of nitrogen functional groups attached to an aromatic ring is 1. The highest BCUT2D eigenvalue weighted by molar-refractivity contribution is 9.10. The number of carbonyl (C=O) groups excluding carboxylic acids is 1. The van der Waals surface area contributed by atoms with Crippen molar-refractivity contribution in [3.8, 4) is 0 Å². The highest BCUT2D eigenvalue weighted by atomic mass is 79.9. The standard InChI is InChI=1S/C14H15BrFN3O2/c1-3-19-12(13(15)8(2)18-19)7-21-14(20)9-4-5-11(17)10(16)6-9/h4-6H,3,7,17H2,1-2H3. The highest BCUT2D eigenvalue weighted by Crippen LogP contribution is 2.22. The molecule has 0 spiro atoms. The molecule has 1 aromatic carbocycles. The van der Waals surface area contributed by atoms with Gasteiger partial charge in [0.15, 0.2) is 0 Å². The van der Waals surface area contributed by atoms with Crippen LogP contribution in [0.15, 0.2) is 22.7 Å². The number of carbonyl (C=O) groups is 1. The first-order valence-electron chi connectivity index (χ1n) is 6.38. The van der Waals surface area contributed by atoms with Crippen LogP contribution < -0.4 is 5.73 Å². The number of hydrogen-bond acceptors (Lipinski definition) is 4. The second-order valence-electron chi connectivity index (χ2n) is 4.47. The summed E-state index contributed by atoms with van der Waals surface area (Å²) in [6.07, 6.45) is 0. The number of aryl methyl sites for hydroxylation is 2. The molecule has 0 saturated carbocycles. The number of nitrogens with two attached hydrogens (primary N) is 1. The van der Waals surface area contributed by atoms with Gasteiger partial charge in [-0.1, -0.05) is 0 Å². The van der Waals surface area contributed by atoms with Gasteiger partial charge in [0.25, 0.3) is 0 Å². The second-order valence-corrected chi connectivity index (χ2v) is 5.27. The van der Waals surface area contributed by atoms with Crippen LogP contribution in [0.1, 0.15) is 28.7 Å². The molecule has 5 nitrogen and oxygen atoms in total. The molecule has 1 aromatic heterocycles. The predicted octanol–water partition coefficient (Wildman–Crippen LogP) is 3.05. The van der Waals surface area contributed by atoms with Crippen molar-refractivity contribution < 1.29 is 13.9 Å². The maximum atomic E-state index is 13.3. The summed E-state index contributed by atoms with van der Waals surface area (Å²) in [6.45, 7) is 4.52. The minimum Gasteiger partial charge on any atom is -0.456 e. The van der Waals surface area contributed by atoms with E-state index in [4.69, 9.17) is 10.5 Å². The summed E-state index contributed by atoms with van der Waals surface area (Å²) in [4.78, 5) is 11.9. The first-order chi connectivity index (χ1) is 9.93. The van der Waals surface area contributed by atoms with Crippen LogP contribution in [-0.4, -0.2) is 15.7 Å². The van der Waals surface area contributed by atoms with Gasteiger partial charge in [0.1, 0.15) is 12.4 Å². The third kappa shape index (κ3) is 3.24. The number of rotatable bonds is 4. The SMILES string of the molecule is CCn1nc(C)c(Br)c1COC(=O)c1ccc(N)c(F)c1. The third-order valence-corrected chi connectivity index (χ3v) is 4.06. The molecule has 2 aromatic rings. The molecule has 0 aliphatic carbocycles. The Balaban J connectivity index is 2.12. The van der Waals surface area contributed by atoms with Crippen molar-refractivity contribution in [1.29, 1.82) is 0 Å². The smallest absolute Gasteiger partial charge is 0.338 e. The Hall–Kier alpha value is -1.89. The Morgan fingerprint density at radius 1 is 1.52 bits per heavy atom. The van der Waals surface area contributed by atoms with Gasteiger partial charge in [0.05, 0.1) is 27.1 Å². The second kappa shape index (κ2) is 6.26. The van der Waals surface area contributed by atoms with E-state index in [9.17, 15) is 9.18 Å². The maximum Gasteiger partial charge on any atom is 0.338 e. The normalized spacial score (nSPS) is 10.7. The quantitative estimate of drug-likeness (QED) is 0.675. The van der Waals surface area contributed by atoms with Crippen LogP contribution >= 0.6 is 15.9 Å². The molecule has 0 aliphatic rings. The number of aromatic nitrogens is 2. The molecule has 21 heavy (non-hydrogen) atoms. The summed E-state index contributed by atoms with van der Waals surface area (Å²) in [6, 6.07) is 3.83. The molecule has 0 saturated heterocycles. The molecule has 2 N–H and O–H groups in total. The van der Waals surface area contributed by atoms with E-state index in [1.165, 1.54) is 12.1 Å². The Morgan fingerprint density at radius 2 is 2.24 bits per heavy atom. The van der Waals surface area contributed by atoms with Gasteiger partial charge in [-0.3, -0.25) is 4.68 Å². The Morgan fingerprint density at radius 3 is 2.86 bits per heavy atom. The monoisotopic (exact) mass is 355 g/mol. The van der Waals surface area contributed by atoms with Gasteiger partial charge < -0.3 is 10.5 Å². The molecule has 1 heterocycles. The highest BCUT2D eigenvalue weighted by Gasteiger charge is 2.15. The van der Waals surface area contributed by atoms with Crippen LogP contribution in [0.25, 0.3) is 0 Å². The molecule has 2 rings (SSSR count). The fourth-order valence-electron chi connectivity index (χ4n) is 1.88. The number of ether oxygens (including phenoxy) is 1. The van der Waals surface area contributed by atoms with Crippen LogP contribution in [0.4, 0.5) is 10.1 Å². The van der Waals surface area contributed by atoms with Crippen LogP contribution in [-0.2, 0) is 17.9 Å². The minimum atomic E-state index is -0.639. The molecule has 7 heteroatoms. The van der Waals surface area contributed by atoms with Crippen molar-refractivity contribution in [3.05, 3.63) is 45.4 Å². The van der Waals surface area contributed by atoms with Crippen molar-refractivity contribution in [2.45, 2.75) is 27.0 Å². The molecule has 0 atom stereocenters. The van der Waals surface area contributed by atoms with Gasteiger partial charge in [-0.25, -0.2) is 9.18 Å². The fraction of sp³-hybridized carbons (Fsp3) is 0.286. The van der Waals surface area contributed by atoms with E-state index in [1.807, 2.05) is 13.8 Å². The lowest BCUT2D eigenvalue weighted by Crippen LogP contribution is -2.10. The van der Waals surface area contributed by atoms with E-state index in [0.717, 1.165) is 21.9 Å². The van der Waals surface area contributed by atoms with E-state index < -0.39 is 11.8 Å². The Labute approximate surface area is 130 Å². The molecule has 0 fully saturated rings. The zero-order valence-corrected chi connectivity index (χ0v) is 13.3. The summed E-state index contributed by atoms with van der Waals surface area (Å²) in [7, 11) is 0. The van der Waals surface area contributed by atoms with Gasteiger partial charge in [0.2, 0.25) is 0 Å². The molecule has 0 unspecified atom stereocenters. The van der Waals surface area contributed by atoms with Gasteiger partial charge in [0, 0.05) is 6.54 Å². The summed E-state index contributed by atoms with van der Waals surface area (Å²) < 4.78 is 21.1. The Bertz CT molecular complexity index is 685. The molecule has 0 radical (unpaired) electrons. The first-order valence-corrected chi connectivity index (χ1v) is 7.17. The van der Waals surface area contributed by atoms with E-state index >= 15 is 0 Å².